The van der Waals surface area contributed by atoms with Gasteiger partial charge in [0.05, 0.1) is 11.4 Å². The fourth-order valence-corrected chi connectivity index (χ4v) is 4.14. The van der Waals surface area contributed by atoms with E-state index in [0.717, 1.165) is 34.0 Å². The molecule has 24 heavy (non-hydrogen) atoms. The zero-order chi connectivity index (χ0) is 17.5. The summed E-state index contributed by atoms with van der Waals surface area (Å²) >= 11 is 8.46. The maximum atomic E-state index is 12.4. The highest BCUT2D eigenvalue weighted by Crippen LogP contribution is 2.32. The lowest BCUT2D eigenvalue weighted by Crippen LogP contribution is -2.43. The van der Waals surface area contributed by atoms with Gasteiger partial charge in [0, 0.05) is 22.9 Å². The number of amides is 1. The third-order valence-electron chi connectivity index (χ3n) is 3.96. The van der Waals surface area contributed by atoms with E-state index < -0.39 is 5.60 Å². The van der Waals surface area contributed by atoms with Gasteiger partial charge in [0.1, 0.15) is 22.7 Å². The third-order valence-corrected chi connectivity index (χ3v) is 5.06. The molecule has 0 radical (unpaired) electrons. The summed E-state index contributed by atoms with van der Waals surface area (Å²) in [5.41, 5.74) is 0.329. The van der Waals surface area contributed by atoms with Crippen molar-refractivity contribution in [3.8, 4) is 0 Å². The molecule has 8 heteroatoms. The van der Waals surface area contributed by atoms with Crippen molar-refractivity contribution in [3.05, 3.63) is 21.2 Å². The van der Waals surface area contributed by atoms with E-state index in [2.05, 4.69) is 37.1 Å². The first-order valence-corrected chi connectivity index (χ1v) is 9.36. The average molecular weight is 463 g/mol. The molecule has 0 bridgehead atoms. The normalized spacial score (nSPS) is 18.9. The Morgan fingerprint density at radius 1 is 1.42 bits per heavy atom. The second kappa shape index (κ2) is 6.67. The molecule has 0 aromatic carbocycles. The Kier molecular flexibility index (Phi) is 4.92. The Labute approximate surface area is 159 Å². The lowest BCUT2D eigenvalue weighted by Gasteiger charge is -2.34. The van der Waals surface area contributed by atoms with Crippen LogP contribution in [0.5, 0.6) is 0 Å². The number of nitrogens with zero attached hydrogens (tertiary/aromatic N) is 4. The fourth-order valence-electron chi connectivity index (χ4n) is 2.96. The molecule has 1 atom stereocenters. The number of hydrogen-bond acceptors (Lipinski definition) is 4. The summed E-state index contributed by atoms with van der Waals surface area (Å²) in [6.07, 6.45) is 5.17. The summed E-state index contributed by atoms with van der Waals surface area (Å²) in [5.74, 6) is 0. The van der Waals surface area contributed by atoms with Crippen molar-refractivity contribution in [2.75, 3.05) is 13.1 Å². The minimum absolute atomic E-state index is 0.156. The lowest BCUT2D eigenvalue weighted by atomic mass is 10.1. The first-order chi connectivity index (χ1) is 11.3. The van der Waals surface area contributed by atoms with Gasteiger partial charge < -0.3 is 14.2 Å². The molecule has 3 rings (SSSR count). The van der Waals surface area contributed by atoms with Crippen LogP contribution in [0.3, 0.4) is 0 Å². The predicted octanol–water partition coefficient (Wildman–Crippen LogP) is 4.26. The van der Waals surface area contributed by atoms with Gasteiger partial charge in [0.2, 0.25) is 0 Å². The number of fused-ring (bicyclic) bond motifs is 1. The smallest absolute Gasteiger partial charge is 0.410 e. The van der Waals surface area contributed by atoms with Gasteiger partial charge in [0.15, 0.2) is 0 Å². The van der Waals surface area contributed by atoms with Crippen LogP contribution in [0.15, 0.2) is 12.5 Å². The second-order valence-corrected chi connectivity index (χ2v) is 8.49. The highest BCUT2D eigenvalue weighted by molar-refractivity contribution is 14.1. The molecule has 3 heterocycles. The maximum absolute atomic E-state index is 12.4. The lowest BCUT2D eigenvalue weighted by molar-refractivity contribution is 0.0174. The quantitative estimate of drug-likeness (QED) is 0.469. The monoisotopic (exact) mass is 462 g/mol. The zero-order valence-electron chi connectivity index (χ0n) is 13.9. The number of piperidine rings is 1. The minimum Gasteiger partial charge on any atom is -0.444 e. The van der Waals surface area contributed by atoms with Crippen molar-refractivity contribution in [2.24, 2.45) is 0 Å². The summed E-state index contributed by atoms with van der Waals surface area (Å²) in [6, 6.07) is 0.156. The number of aromatic nitrogens is 3. The number of halogens is 2. The molecule has 2 aromatic heterocycles. The van der Waals surface area contributed by atoms with Gasteiger partial charge >= 0.3 is 6.09 Å². The van der Waals surface area contributed by atoms with Gasteiger partial charge in [-0.15, -0.1) is 0 Å². The van der Waals surface area contributed by atoms with Crippen LogP contribution in [0.25, 0.3) is 11.0 Å². The molecule has 6 nitrogen and oxygen atoms in total. The number of ether oxygens (including phenoxy) is 1. The summed E-state index contributed by atoms with van der Waals surface area (Å²) in [6.45, 7) is 6.97. The average Bonchev–Trinajstić information content (AvgIpc) is 2.84. The van der Waals surface area contributed by atoms with Gasteiger partial charge in [-0.2, -0.15) is 0 Å². The number of likely N-dealkylation sites (tertiary alicyclic amines) is 1. The maximum Gasteiger partial charge on any atom is 0.410 e. The largest absolute Gasteiger partial charge is 0.444 e. The highest BCUT2D eigenvalue weighted by Gasteiger charge is 2.29. The Morgan fingerprint density at radius 3 is 2.88 bits per heavy atom. The molecule has 0 spiro atoms. The Morgan fingerprint density at radius 2 is 2.17 bits per heavy atom. The van der Waals surface area contributed by atoms with Crippen LogP contribution >= 0.6 is 34.2 Å². The molecular formula is C16H20ClIN4O2. The van der Waals surface area contributed by atoms with Gasteiger partial charge in [-0.25, -0.2) is 14.8 Å². The molecule has 1 amide bonds. The number of carbonyl (C=O) groups excluding carboxylic acids is 1. The van der Waals surface area contributed by atoms with E-state index in [-0.39, 0.29) is 12.1 Å². The minimum atomic E-state index is -0.486. The molecule has 1 aliphatic rings. The molecule has 130 valence electrons. The van der Waals surface area contributed by atoms with E-state index in [0.29, 0.717) is 11.7 Å². The van der Waals surface area contributed by atoms with E-state index in [1.807, 2.05) is 27.0 Å². The van der Waals surface area contributed by atoms with Crippen molar-refractivity contribution in [3.63, 3.8) is 0 Å². The van der Waals surface area contributed by atoms with Crippen molar-refractivity contribution in [1.29, 1.82) is 0 Å². The molecule has 1 saturated heterocycles. The van der Waals surface area contributed by atoms with Crippen LogP contribution in [-0.2, 0) is 4.74 Å². The number of rotatable bonds is 1. The van der Waals surface area contributed by atoms with E-state index >= 15 is 0 Å². The van der Waals surface area contributed by atoms with Crippen molar-refractivity contribution >= 4 is 51.3 Å². The van der Waals surface area contributed by atoms with E-state index in [1.54, 1.807) is 4.90 Å². The third kappa shape index (κ3) is 3.61. The van der Waals surface area contributed by atoms with Crippen molar-refractivity contribution < 1.29 is 9.53 Å². The van der Waals surface area contributed by atoms with Gasteiger partial charge in [-0.1, -0.05) is 11.6 Å². The van der Waals surface area contributed by atoms with Gasteiger partial charge in [-0.05, 0) is 56.2 Å². The Balaban J connectivity index is 1.86. The van der Waals surface area contributed by atoms with Crippen molar-refractivity contribution in [1.82, 2.24) is 19.4 Å². The van der Waals surface area contributed by atoms with Crippen molar-refractivity contribution in [2.45, 2.75) is 45.3 Å². The fraction of sp³-hybridized carbons (Fsp3) is 0.562. The van der Waals surface area contributed by atoms with E-state index in [1.165, 1.54) is 6.33 Å². The van der Waals surface area contributed by atoms with Gasteiger partial charge in [-0.3, -0.25) is 0 Å². The van der Waals surface area contributed by atoms with Crippen LogP contribution in [0.4, 0.5) is 4.79 Å². The topological polar surface area (TPSA) is 60.2 Å². The van der Waals surface area contributed by atoms with Crippen LogP contribution in [0.1, 0.15) is 39.7 Å². The molecular weight excluding hydrogens is 443 g/mol. The first-order valence-electron chi connectivity index (χ1n) is 7.91. The predicted molar refractivity (Wildman–Crippen MR) is 101 cm³/mol. The summed E-state index contributed by atoms with van der Waals surface area (Å²) in [5, 5.41) is 1.33. The van der Waals surface area contributed by atoms with Gasteiger partial charge in [0.25, 0.3) is 0 Å². The Hall–Kier alpha value is -1.09. The summed E-state index contributed by atoms with van der Waals surface area (Å²) in [7, 11) is 0. The molecule has 1 aliphatic heterocycles. The summed E-state index contributed by atoms with van der Waals surface area (Å²) < 4.78 is 8.63. The van der Waals surface area contributed by atoms with E-state index in [4.69, 9.17) is 16.3 Å². The summed E-state index contributed by atoms with van der Waals surface area (Å²) in [4.78, 5) is 22.6. The second-order valence-electron chi connectivity index (χ2n) is 6.97. The highest BCUT2D eigenvalue weighted by atomic mass is 127. The van der Waals surface area contributed by atoms with Crippen LogP contribution < -0.4 is 0 Å². The molecule has 0 N–H and O–H groups in total. The van der Waals surface area contributed by atoms with Crippen LogP contribution in [0.2, 0.25) is 5.15 Å². The zero-order valence-corrected chi connectivity index (χ0v) is 16.8. The van der Waals surface area contributed by atoms with E-state index in [9.17, 15) is 4.79 Å². The number of hydrogen-bond donors (Lipinski definition) is 0. The van der Waals surface area contributed by atoms with Crippen LogP contribution in [0, 0.1) is 3.57 Å². The molecule has 1 unspecified atom stereocenters. The first kappa shape index (κ1) is 17.7. The Bertz CT molecular complexity index is 771. The molecule has 0 aliphatic carbocycles. The van der Waals surface area contributed by atoms with Crippen LogP contribution in [-0.4, -0.2) is 44.2 Å². The molecule has 2 aromatic rings. The number of carbonyl (C=O) groups is 1. The molecule has 1 fully saturated rings. The SMILES string of the molecule is CC(C)(C)OC(=O)N1CCCC(n2cc(I)c3c(Cl)ncnc32)C1. The standard InChI is InChI=1S/C16H20ClIN4O2/c1-16(2,3)24-15(23)21-6-4-5-10(7-21)22-8-11(18)12-13(17)19-9-20-14(12)22/h8-10H,4-7H2,1-3H3. The molecule has 0 saturated carbocycles.